The number of hydrogen-bond donors (Lipinski definition) is 0. The molecule has 2 aromatic carbocycles. The second-order valence-electron chi connectivity index (χ2n) is 10.8. The third kappa shape index (κ3) is 2.77. The van der Waals surface area contributed by atoms with E-state index >= 15 is 0 Å². The molecule has 1 saturated carbocycles. The summed E-state index contributed by atoms with van der Waals surface area (Å²) in [5.74, 6) is 2.13. The van der Waals surface area contributed by atoms with Gasteiger partial charge in [0.05, 0.1) is 5.92 Å². The van der Waals surface area contributed by atoms with E-state index in [1.165, 1.54) is 11.1 Å². The highest BCUT2D eigenvalue weighted by atomic mass is 16.6. The maximum atomic E-state index is 13.0. The molecule has 1 spiro atoms. The quantitative estimate of drug-likeness (QED) is 0.632. The number of piperidine rings is 1. The Bertz CT molecular complexity index is 1110. The molecule has 5 heteroatoms. The van der Waals surface area contributed by atoms with Gasteiger partial charge in [0.15, 0.2) is 11.5 Å². The first-order chi connectivity index (χ1) is 16.5. The number of ether oxygens (including phenoxy) is 3. The van der Waals surface area contributed by atoms with Crippen molar-refractivity contribution in [2.45, 2.75) is 69.3 Å². The summed E-state index contributed by atoms with van der Waals surface area (Å²) in [7, 11) is 4.01. The minimum atomic E-state index is -0.632. The second kappa shape index (κ2) is 7.82. The molecular weight excluding hydrogens is 426 g/mol. The monoisotopic (exact) mass is 461 g/mol. The van der Waals surface area contributed by atoms with Gasteiger partial charge in [-0.05, 0) is 69.3 Å². The fourth-order valence-corrected chi connectivity index (χ4v) is 8.00. The molecule has 2 aliphatic carbocycles. The highest BCUT2D eigenvalue weighted by Crippen LogP contribution is 2.67. The molecule has 6 atom stereocenters. The van der Waals surface area contributed by atoms with Gasteiger partial charge < -0.3 is 19.1 Å². The number of rotatable bonds is 6. The van der Waals surface area contributed by atoms with Crippen LogP contribution in [0.25, 0.3) is 0 Å². The number of likely N-dealkylation sites (N-methyl/N-ethyl adjacent to an activating group) is 1. The van der Waals surface area contributed by atoms with Crippen molar-refractivity contribution in [3.8, 4) is 11.5 Å². The van der Waals surface area contributed by atoms with Crippen molar-refractivity contribution < 1.29 is 19.0 Å². The number of likely N-dealkylation sites (tertiary alicyclic amines) is 1. The van der Waals surface area contributed by atoms with Gasteiger partial charge in [-0.1, -0.05) is 43.3 Å². The zero-order chi connectivity index (χ0) is 23.7. The van der Waals surface area contributed by atoms with E-state index in [4.69, 9.17) is 14.2 Å². The molecule has 180 valence electrons. The van der Waals surface area contributed by atoms with Gasteiger partial charge in [-0.3, -0.25) is 4.79 Å². The van der Waals surface area contributed by atoms with Crippen molar-refractivity contribution >= 4 is 5.78 Å². The van der Waals surface area contributed by atoms with Crippen LogP contribution in [0.1, 0.15) is 49.8 Å². The van der Waals surface area contributed by atoms with Crippen molar-refractivity contribution in [2.75, 3.05) is 20.7 Å². The maximum absolute atomic E-state index is 13.0. The lowest BCUT2D eigenvalue weighted by Gasteiger charge is -2.63. The lowest BCUT2D eigenvalue weighted by Crippen LogP contribution is -2.73. The lowest BCUT2D eigenvalue weighted by atomic mass is 9.46. The van der Waals surface area contributed by atoms with Gasteiger partial charge in [0.2, 0.25) is 0 Å². The summed E-state index contributed by atoms with van der Waals surface area (Å²) in [5.41, 5.74) is 3.08. The molecule has 1 saturated heterocycles. The number of benzene rings is 2. The van der Waals surface area contributed by atoms with E-state index in [0.717, 1.165) is 49.3 Å². The van der Waals surface area contributed by atoms with Crippen molar-refractivity contribution in [1.29, 1.82) is 0 Å². The van der Waals surface area contributed by atoms with E-state index < -0.39 is 5.60 Å². The van der Waals surface area contributed by atoms with Crippen LogP contribution < -0.4 is 9.47 Å². The third-order valence-corrected chi connectivity index (χ3v) is 9.56. The van der Waals surface area contributed by atoms with Crippen LogP contribution >= 0.6 is 0 Å². The Hall–Kier alpha value is -2.37. The van der Waals surface area contributed by atoms with Crippen LogP contribution in [-0.4, -0.2) is 49.1 Å². The minimum absolute atomic E-state index is 0.135. The molecule has 2 aliphatic heterocycles. The lowest BCUT2D eigenvalue weighted by molar-refractivity contribution is -0.203. The smallest absolute Gasteiger partial charge is 0.166 e. The van der Waals surface area contributed by atoms with Crippen LogP contribution in [0.15, 0.2) is 42.5 Å². The van der Waals surface area contributed by atoms with Crippen molar-refractivity contribution in [1.82, 2.24) is 4.90 Å². The topological polar surface area (TPSA) is 48.0 Å². The molecule has 34 heavy (non-hydrogen) atoms. The summed E-state index contributed by atoms with van der Waals surface area (Å²) in [6.07, 6.45) is 3.44. The molecular formula is C29H35NO4. The molecule has 5 nitrogen and oxygen atoms in total. The zero-order valence-electron chi connectivity index (χ0n) is 20.7. The zero-order valence-corrected chi connectivity index (χ0v) is 20.7. The number of Topliss-reactive ketones (excluding diaryl/α,β-unsaturated/α-hetero) is 1. The summed E-state index contributed by atoms with van der Waals surface area (Å²) in [6.45, 7) is 5.41. The molecule has 0 amide bonds. The summed E-state index contributed by atoms with van der Waals surface area (Å²) in [6, 6.07) is 15.0. The van der Waals surface area contributed by atoms with E-state index in [1.54, 1.807) is 14.0 Å². The van der Waals surface area contributed by atoms with Gasteiger partial charge in [0, 0.05) is 24.1 Å². The molecule has 2 heterocycles. The predicted octanol–water partition coefficient (Wildman–Crippen LogP) is 4.54. The SMILES string of the molecule is CC[C@@]1(OC)[C@H](C(C)=O)C[C@@H]2[C@H]3Cc4ccc(OCc5ccccc5)c5c4[C@@]2(CCN3C)[C@H]1O5. The predicted molar refractivity (Wildman–Crippen MR) is 130 cm³/mol. The molecule has 4 aliphatic rings. The Morgan fingerprint density at radius 2 is 2.00 bits per heavy atom. The van der Waals surface area contributed by atoms with Crippen LogP contribution in [0.4, 0.5) is 0 Å². The molecule has 2 aromatic rings. The van der Waals surface area contributed by atoms with Crippen LogP contribution in [0.3, 0.4) is 0 Å². The minimum Gasteiger partial charge on any atom is -0.485 e. The Balaban J connectivity index is 1.50. The van der Waals surface area contributed by atoms with E-state index in [-0.39, 0.29) is 23.2 Å². The third-order valence-electron chi connectivity index (χ3n) is 9.56. The highest BCUT2D eigenvalue weighted by Gasteiger charge is 2.72. The number of carbonyl (C=O) groups is 1. The van der Waals surface area contributed by atoms with Crippen LogP contribution in [0, 0.1) is 11.8 Å². The largest absolute Gasteiger partial charge is 0.485 e. The summed E-state index contributed by atoms with van der Waals surface area (Å²) >= 11 is 0. The van der Waals surface area contributed by atoms with E-state index in [1.807, 2.05) is 18.2 Å². The Kier molecular flexibility index (Phi) is 5.09. The molecule has 0 aromatic heterocycles. The first-order valence-electron chi connectivity index (χ1n) is 12.7. The van der Waals surface area contributed by atoms with E-state index in [0.29, 0.717) is 18.6 Å². The summed E-state index contributed by atoms with van der Waals surface area (Å²) in [4.78, 5) is 15.5. The summed E-state index contributed by atoms with van der Waals surface area (Å²) < 4.78 is 19.7. The van der Waals surface area contributed by atoms with Gasteiger partial charge in [0.1, 0.15) is 24.1 Å². The molecule has 2 fully saturated rings. The second-order valence-corrected chi connectivity index (χ2v) is 10.8. The van der Waals surface area contributed by atoms with E-state index in [2.05, 4.69) is 43.1 Å². The van der Waals surface area contributed by atoms with E-state index in [9.17, 15) is 4.79 Å². The Morgan fingerprint density at radius 1 is 1.21 bits per heavy atom. The van der Waals surface area contributed by atoms with Gasteiger partial charge in [-0.25, -0.2) is 0 Å². The maximum Gasteiger partial charge on any atom is 0.166 e. The van der Waals surface area contributed by atoms with Crippen LogP contribution in [0.2, 0.25) is 0 Å². The average molecular weight is 462 g/mol. The van der Waals surface area contributed by atoms with Crippen LogP contribution in [-0.2, 0) is 28.0 Å². The Labute approximate surface area is 202 Å². The van der Waals surface area contributed by atoms with Gasteiger partial charge in [0.25, 0.3) is 0 Å². The molecule has 2 bridgehead atoms. The number of methoxy groups -OCH3 is 1. The molecule has 6 rings (SSSR count). The van der Waals surface area contributed by atoms with Gasteiger partial charge >= 0.3 is 0 Å². The number of carbonyl (C=O) groups excluding carboxylic acids is 1. The number of hydrogen-bond acceptors (Lipinski definition) is 5. The molecule has 0 unspecified atom stereocenters. The summed E-state index contributed by atoms with van der Waals surface area (Å²) in [5, 5.41) is 0. The Morgan fingerprint density at radius 3 is 2.71 bits per heavy atom. The van der Waals surface area contributed by atoms with Gasteiger partial charge in [-0.2, -0.15) is 0 Å². The fourth-order valence-electron chi connectivity index (χ4n) is 8.00. The number of nitrogens with zero attached hydrogens (tertiary/aromatic N) is 1. The first kappa shape index (κ1) is 22.1. The average Bonchev–Trinajstić information content (AvgIpc) is 3.21. The van der Waals surface area contributed by atoms with Crippen molar-refractivity contribution in [3.63, 3.8) is 0 Å². The first-order valence-corrected chi connectivity index (χ1v) is 12.7. The van der Waals surface area contributed by atoms with Crippen molar-refractivity contribution in [2.24, 2.45) is 11.8 Å². The van der Waals surface area contributed by atoms with Gasteiger partial charge in [-0.15, -0.1) is 0 Å². The number of ketones is 1. The fraction of sp³-hybridized carbons (Fsp3) is 0.552. The standard InChI is InChI=1S/C29H35NO4/c1-5-29(32-4)21(18(2)31)16-22-23-15-20-11-12-24(33-17-19-9-7-6-8-10-19)26-25(20)28(22,27(29)34-26)13-14-30(23)3/h6-12,21-23,27H,5,13-17H2,1-4H3/t21-,22+,23+,27+,28-,29+/m0/s1. The molecule has 0 N–H and O–H groups in total. The molecule has 0 radical (unpaired) electrons. The van der Waals surface area contributed by atoms with Crippen molar-refractivity contribution in [3.05, 3.63) is 59.2 Å². The highest BCUT2D eigenvalue weighted by molar-refractivity contribution is 5.80. The van der Waals surface area contributed by atoms with Crippen LogP contribution in [0.5, 0.6) is 11.5 Å². The normalized spacial score (nSPS) is 35.4.